The zero-order valence-electron chi connectivity index (χ0n) is 12.2. The molecule has 1 aromatic rings. The molecule has 21 heavy (non-hydrogen) atoms. The number of hydrogen-bond donors (Lipinski definition) is 2. The molecule has 1 fully saturated rings. The van der Waals surface area contributed by atoms with Crippen LogP contribution in [0, 0.1) is 0 Å². The molecule has 116 valence electrons. The molecule has 0 spiro atoms. The maximum atomic E-state index is 12.2. The molecule has 1 aliphatic carbocycles. The number of hydrogen-bond acceptors (Lipinski definition) is 4. The smallest absolute Gasteiger partial charge is 0.213 e. The van der Waals surface area contributed by atoms with Crippen molar-refractivity contribution in [3.05, 3.63) is 35.4 Å². The topological polar surface area (TPSA) is 61.4 Å². The molecule has 2 aliphatic rings. The summed E-state index contributed by atoms with van der Waals surface area (Å²) in [6.07, 6.45) is 1.62. The fraction of sp³-hybridized carbons (Fsp3) is 0.600. The third-order valence-corrected chi connectivity index (χ3v) is 5.70. The van der Waals surface area contributed by atoms with Crippen molar-refractivity contribution >= 4 is 10.0 Å². The summed E-state index contributed by atoms with van der Waals surface area (Å²) in [4.78, 5) is 2.21. The highest BCUT2D eigenvalue weighted by atomic mass is 32.2. The molecule has 2 N–H and O–H groups in total. The van der Waals surface area contributed by atoms with Gasteiger partial charge in [0.15, 0.2) is 0 Å². The van der Waals surface area contributed by atoms with Gasteiger partial charge in [0.1, 0.15) is 0 Å². The molecule has 1 aliphatic heterocycles. The highest BCUT2D eigenvalue weighted by molar-refractivity contribution is 7.89. The first-order valence-corrected chi connectivity index (χ1v) is 9.27. The highest BCUT2D eigenvalue weighted by Crippen LogP contribution is 2.22. The quantitative estimate of drug-likeness (QED) is 0.802. The van der Waals surface area contributed by atoms with Crippen LogP contribution in [0.2, 0.25) is 0 Å². The molecule has 0 radical (unpaired) electrons. The maximum Gasteiger partial charge on any atom is 0.213 e. The molecule has 0 atom stereocenters. The number of benzene rings is 1. The Morgan fingerprint density at radius 2 is 1.76 bits per heavy atom. The van der Waals surface area contributed by atoms with Crippen molar-refractivity contribution in [3.63, 3.8) is 0 Å². The predicted molar refractivity (Wildman–Crippen MR) is 83.9 cm³/mol. The Labute approximate surface area is 126 Å². The summed E-state index contributed by atoms with van der Waals surface area (Å²) in [6, 6.07) is 8.23. The van der Waals surface area contributed by atoms with Crippen molar-refractivity contribution in [2.24, 2.45) is 0 Å². The average Bonchev–Trinajstić information content (AvgIpc) is 2.87. The van der Waals surface area contributed by atoms with E-state index in [1.807, 2.05) is 12.1 Å². The van der Waals surface area contributed by atoms with E-state index in [0.29, 0.717) is 6.54 Å². The molecule has 1 saturated heterocycles. The number of sulfonamides is 1. The Kier molecular flexibility index (Phi) is 4.59. The van der Waals surface area contributed by atoms with E-state index in [0.717, 1.165) is 39.0 Å². The number of piperazine rings is 1. The molecule has 5 nitrogen and oxygen atoms in total. The largest absolute Gasteiger partial charge is 0.314 e. The van der Waals surface area contributed by atoms with E-state index >= 15 is 0 Å². The van der Waals surface area contributed by atoms with Crippen molar-refractivity contribution in [2.45, 2.75) is 18.9 Å². The van der Waals surface area contributed by atoms with E-state index in [2.05, 4.69) is 27.1 Å². The van der Waals surface area contributed by atoms with Crippen LogP contribution in [0.1, 0.15) is 11.1 Å². The van der Waals surface area contributed by atoms with Gasteiger partial charge in [0.05, 0.1) is 5.75 Å². The van der Waals surface area contributed by atoms with Crippen molar-refractivity contribution in [2.75, 3.05) is 38.5 Å². The minimum Gasteiger partial charge on any atom is -0.314 e. The summed E-state index contributed by atoms with van der Waals surface area (Å²) in [6.45, 7) is 4.39. The van der Waals surface area contributed by atoms with Gasteiger partial charge in [-0.25, -0.2) is 13.1 Å². The van der Waals surface area contributed by atoms with Crippen LogP contribution in [0.5, 0.6) is 0 Å². The van der Waals surface area contributed by atoms with Gasteiger partial charge < -0.3 is 5.32 Å². The molecule has 3 rings (SSSR count). The lowest BCUT2D eigenvalue weighted by Crippen LogP contribution is -2.46. The summed E-state index contributed by atoms with van der Waals surface area (Å²) in [5, 5.41) is 3.27. The first-order chi connectivity index (χ1) is 10.1. The minimum absolute atomic E-state index is 0.0235. The van der Waals surface area contributed by atoms with Gasteiger partial charge in [-0.15, -0.1) is 0 Å². The number of rotatable bonds is 5. The van der Waals surface area contributed by atoms with Gasteiger partial charge in [0, 0.05) is 38.8 Å². The van der Waals surface area contributed by atoms with Crippen LogP contribution in [0.4, 0.5) is 0 Å². The Bertz CT molecular complexity index is 557. The molecular weight excluding hydrogens is 286 g/mol. The molecule has 6 heteroatoms. The van der Waals surface area contributed by atoms with E-state index in [-0.39, 0.29) is 11.8 Å². The van der Waals surface area contributed by atoms with Crippen molar-refractivity contribution in [1.29, 1.82) is 0 Å². The fourth-order valence-electron chi connectivity index (χ4n) is 3.14. The summed E-state index contributed by atoms with van der Waals surface area (Å²) in [5.74, 6) is 0.194. The maximum absolute atomic E-state index is 12.2. The summed E-state index contributed by atoms with van der Waals surface area (Å²) in [7, 11) is -3.19. The molecule has 0 amide bonds. The first-order valence-electron chi connectivity index (χ1n) is 7.62. The van der Waals surface area contributed by atoms with E-state index in [1.165, 1.54) is 11.1 Å². The van der Waals surface area contributed by atoms with Crippen LogP contribution in [-0.4, -0.2) is 57.8 Å². The van der Waals surface area contributed by atoms with Gasteiger partial charge in [-0.2, -0.15) is 0 Å². The van der Waals surface area contributed by atoms with Crippen LogP contribution in [0.25, 0.3) is 0 Å². The first kappa shape index (κ1) is 15.0. The van der Waals surface area contributed by atoms with E-state index in [1.54, 1.807) is 0 Å². The number of nitrogens with one attached hydrogen (secondary N) is 2. The monoisotopic (exact) mass is 309 g/mol. The lowest BCUT2D eigenvalue weighted by atomic mass is 10.1. The van der Waals surface area contributed by atoms with Crippen molar-refractivity contribution < 1.29 is 8.42 Å². The molecule has 0 aromatic heterocycles. The molecule has 1 heterocycles. The van der Waals surface area contributed by atoms with E-state index in [4.69, 9.17) is 0 Å². The second-order valence-corrected chi connectivity index (χ2v) is 7.78. The summed E-state index contributed by atoms with van der Waals surface area (Å²) >= 11 is 0. The third kappa shape index (κ3) is 4.03. The van der Waals surface area contributed by atoms with Gasteiger partial charge in [-0.05, 0) is 24.0 Å². The molecule has 0 bridgehead atoms. The molecule has 0 unspecified atom stereocenters. The van der Waals surface area contributed by atoms with Crippen LogP contribution in [-0.2, 0) is 22.9 Å². The highest BCUT2D eigenvalue weighted by Gasteiger charge is 2.25. The van der Waals surface area contributed by atoms with Gasteiger partial charge >= 0.3 is 0 Å². The average molecular weight is 309 g/mol. The van der Waals surface area contributed by atoms with Crippen LogP contribution in [0.15, 0.2) is 24.3 Å². The van der Waals surface area contributed by atoms with Crippen molar-refractivity contribution in [1.82, 2.24) is 14.9 Å². The van der Waals surface area contributed by atoms with Crippen LogP contribution < -0.4 is 10.0 Å². The van der Waals surface area contributed by atoms with Crippen LogP contribution >= 0.6 is 0 Å². The predicted octanol–water partition coefficient (Wildman–Crippen LogP) is -0.0216. The van der Waals surface area contributed by atoms with E-state index < -0.39 is 10.0 Å². The lowest BCUT2D eigenvalue weighted by molar-refractivity contribution is 0.253. The van der Waals surface area contributed by atoms with E-state index in [9.17, 15) is 8.42 Å². The Balaban J connectivity index is 1.50. The third-order valence-electron chi connectivity index (χ3n) is 4.28. The second kappa shape index (κ2) is 6.44. The lowest BCUT2D eigenvalue weighted by Gasteiger charge is -2.27. The standard InChI is InChI=1S/C15H23N3O2S/c19-21(20,10-9-18-7-5-16-6-8-18)17-15-11-13-3-1-2-4-14(13)12-15/h1-4,15-17H,5-12H2. The number of nitrogens with zero attached hydrogens (tertiary/aromatic N) is 1. The number of fused-ring (bicyclic) bond motifs is 1. The Morgan fingerprint density at radius 3 is 2.38 bits per heavy atom. The normalized spacial score (nSPS) is 20.6. The fourth-order valence-corrected chi connectivity index (χ4v) is 4.43. The molecule has 1 aromatic carbocycles. The van der Waals surface area contributed by atoms with Gasteiger partial charge in [0.2, 0.25) is 10.0 Å². The minimum atomic E-state index is -3.19. The van der Waals surface area contributed by atoms with Gasteiger partial charge in [0.25, 0.3) is 0 Å². The molecular formula is C15H23N3O2S. The van der Waals surface area contributed by atoms with Crippen molar-refractivity contribution in [3.8, 4) is 0 Å². The zero-order valence-corrected chi connectivity index (χ0v) is 13.0. The Hall–Kier alpha value is -0.950. The van der Waals surface area contributed by atoms with Crippen LogP contribution in [0.3, 0.4) is 0 Å². The molecule has 0 saturated carbocycles. The SMILES string of the molecule is O=S(=O)(CCN1CCNCC1)NC1Cc2ccccc2C1. The second-order valence-electron chi connectivity index (χ2n) is 5.90. The zero-order chi connectivity index (χ0) is 14.7. The van der Waals surface area contributed by atoms with Gasteiger partial charge in [-0.3, -0.25) is 4.90 Å². The summed E-state index contributed by atoms with van der Waals surface area (Å²) in [5.41, 5.74) is 2.54. The Morgan fingerprint density at radius 1 is 1.14 bits per heavy atom. The van der Waals surface area contributed by atoms with Gasteiger partial charge in [-0.1, -0.05) is 24.3 Å². The summed E-state index contributed by atoms with van der Waals surface area (Å²) < 4.78 is 27.3.